The van der Waals surface area contributed by atoms with E-state index in [-0.39, 0.29) is 6.04 Å². The van der Waals surface area contributed by atoms with Crippen molar-refractivity contribution in [1.29, 1.82) is 0 Å². The lowest BCUT2D eigenvalue weighted by atomic mass is 10.3. The molecule has 0 spiro atoms. The highest BCUT2D eigenvalue weighted by Gasteiger charge is 2.12. The van der Waals surface area contributed by atoms with Gasteiger partial charge in [-0.15, -0.1) is 0 Å². The molecule has 0 aliphatic heterocycles. The zero-order chi connectivity index (χ0) is 15.5. The average Bonchev–Trinajstić information content (AvgIpc) is 3.19. The van der Waals surface area contributed by atoms with Gasteiger partial charge in [0.05, 0.1) is 25.0 Å². The summed E-state index contributed by atoms with van der Waals surface area (Å²) in [5, 5.41) is 11.8. The third kappa shape index (κ3) is 3.25. The van der Waals surface area contributed by atoms with Crippen LogP contribution in [0.5, 0.6) is 0 Å². The van der Waals surface area contributed by atoms with Crippen LogP contribution in [0.3, 0.4) is 0 Å². The zero-order valence-electron chi connectivity index (χ0n) is 12.9. The molecule has 3 heterocycles. The predicted octanol–water partition coefficient (Wildman–Crippen LogP) is 2.32. The number of furan rings is 1. The second-order valence-corrected chi connectivity index (χ2v) is 5.38. The standard InChI is InChI=1S/C15H19N5O2/c1-10-7-12(3)20(18-10)9-11(2)16-8-14-17-15(22-19-14)13-5-4-6-21-13/h4-7,11,16H,8-9H2,1-3H3. The van der Waals surface area contributed by atoms with E-state index in [4.69, 9.17) is 8.94 Å². The van der Waals surface area contributed by atoms with Crippen LogP contribution in [0.4, 0.5) is 0 Å². The van der Waals surface area contributed by atoms with Gasteiger partial charge in [-0.2, -0.15) is 10.1 Å². The van der Waals surface area contributed by atoms with Crippen LogP contribution in [0.1, 0.15) is 24.1 Å². The number of aromatic nitrogens is 4. The predicted molar refractivity (Wildman–Crippen MR) is 80.0 cm³/mol. The van der Waals surface area contributed by atoms with E-state index in [9.17, 15) is 0 Å². The van der Waals surface area contributed by atoms with E-state index >= 15 is 0 Å². The first-order valence-corrected chi connectivity index (χ1v) is 7.22. The van der Waals surface area contributed by atoms with Crippen molar-refractivity contribution >= 4 is 0 Å². The van der Waals surface area contributed by atoms with Gasteiger partial charge in [0, 0.05) is 11.7 Å². The molecule has 3 aromatic rings. The molecule has 0 bridgehead atoms. The van der Waals surface area contributed by atoms with Crippen molar-refractivity contribution in [2.45, 2.75) is 39.9 Å². The van der Waals surface area contributed by atoms with Crippen LogP contribution in [0.25, 0.3) is 11.7 Å². The van der Waals surface area contributed by atoms with Crippen molar-refractivity contribution in [3.05, 3.63) is 41.7 Å². The summed E-state index contributed by atoms with van der Waals surface area (Å²) in [7, 11) is 0. The average molecular weight is 301 g/mol. The van der Waals surface area contributed by atoms with Crippen molar-refractivity contribution in [1.82, 2.24) is 25.2 Å². The number of rotatable bonds is 6. The molecule has 3 rings (SSSR count). The van der Waals surface area contributed by atoms with Crippen LogP contribution >= 0.6 is 0 Å². The maximum absolute atomic E-state index is 5.22. The molecule has 1 N–H and O–H groups in total. The first-order valence-electron chi connectivity index (χ1n) is 7.22. The monoisotopic (exact) mass is 301 g/mol. The number of hydrogen-bond donors (Lipinski definition) is 1. The van der Waals surface area contributed by atoms with Crippen LogP contribution in [0, 0.1) is 13.8 Å². The molecule has 3 aromatic heterocycles. The summed E-state index contributed by atoms with van der Waals surface area (Å²) in [5.41, 5.74) is 2.19. The highest BCUT2D eigenvalue weighted by atomic mass is 16.5. The first-order chi connectivity index (χ1) is 10.6. The van der Waals surface area contributed by atoms with E-state index in [2.05, 4.69) is 40.5 Å². The van der Waals surface area contributed by atoms with Crippen molar-refractivity contribution < 1.29 is 8.94 Å². The Kier molecular flexibility index (Phi) is 4.06. The van der Waals surface area contributed by atoms with E-state index in [0.717, 1.165) is 17.9 Å². The molecule has 116 valence electrons. The Hall–Kier alpha value is -2.41. The van der Waals surface area contributed by atoms with Crippen molar-refractivity contribution in [3.63, 3.8) is 0 Å². The fourth-order valence-corrected chi connectivity index (χ4v) is 2.28. The number of nitrogens with one attached hydrogen (secondary N) is 1. The molecular weight excluding hydrogens is 282 g/mol. The second-order valence-electron chi connectivity index (χ2n) is 5.38. The lowest BCUT2D eigenvalue weighted by Gasteiger charge is -2.13. The van der Waals surface area contributed by atoms with Gasteiger partial charge in [-0.05, 0) is 39.0 Å². The molecule has 0 saturated heterocycles. The lowest BCUT2D eigenvalue weighted by molar-refractivity contribution is 0.397. The molecule has 0 saturated carbocycles. The normalized spacial score (nSPS) is 12.7. The largest absolute Gasteiger partial charge is 0.459 e. The van der Waals surface area contributed by atoms with Gasteiger partial charge in [-0.1, -0.05) is 5.16 Å². The van der Waals surface area contributed by atoms with E-state index in [0.29, 0.717) is 24.0 Å². The number of hydrogen-bond acceptors (Lipinski definition) is 6. The molecule has 0 aliphatic carbocycles. The third-order valence-electron chi connectivity index (χ3n) is 3.36. The summed E-state index contributed by atoms with van der Waals surface area (Å²) in [4.78, 5) is 4.30. The van der Waals surface area contributed by atoms with Gasteiger partial charge in [-0.25, -0.2) is 0 Å². The van der Waals surface area contributed by atoms with Crippen LogP contribution in [-0.2, 0) is 13.1 Å². The SMILES string of the molecule is Cc1cc(C)n(CC(C)NCc2noc(-c3ccco3)n2)n1. The van der Waals surface area contributed by atoms with Crippen molar-refractivity contribution in [3.8, 4) is 11.7 Å². The van der Waals surface area contributed by atoms with Gasteiger partial charge >= 0.3 is 0 Å². The Morgan fingerprint density at radius 1 is 1.36 bits per heavy atom. The molecule has 0 aromatic carbocycles. The fourth-order valence-electron chi connectivity index (χ4n) is 2.28. The van der Waals surface area contributed by atoms with Crippen molar-refractivity contribution in [2.75, 3.05) is 0 Å². The van der Waals surface area contributed by atoms with Crippen molar-refractivity contribution in [2.24, 2.45) is 0 Å². The summed E-state index contributed by atoms with van der Waals surface area (Å²) < 4.78 is 12.4. The zero-order valence-corrected chi connectivity index (χ0v) is 12.9. The molecule has 0 aliphatic rings. The Labute approximate surface area is 128 Å². The van der Waals surface area contributed by atoms with Crippen LogP contribution in [0.15, 0.2) is 33.4 Å². The van der Waals surface area contributed by atoms with E-state index in [1.54, 1.807) is 18.4 Å². The molecule has 7 nitrogen and oxygen atoms in total. The summed E-state index contributed by atoms with van der Waals surface area (Å²) >= 11 is 0. The topological polar surface area (TPSA) is 81.9 Å². The first kappa shape index (κ1) is 14.5. The van der Waals surface area contributed by atoms with Gasteiger partial charge in [-0.3, -0.25) is 4.68 Å². The van der Waals surface area contributed by atoms with Gasteiger partial charge in [0.1, 0.15) is 0 Å². The Bertz CT molecular complexity index is 729. The van der Waals surface area contributed by atoms with E-state index < -0.39 is 0 Å². The summed E-state index contributed by atoms with van der Waals surface area (Å²) in [6.45, 7) is 7.48. The minimum atomic E-state index is 0.239. The smallest absolute Gasteiger partial charge is 0.293 e. The summed E-state index contributed by atoms with van der Waals surface area (Å²) in [5.74, 6) is 1.58. The fraction of sp³-hybridized carbons (Fsp3) is 0.400. The summed E-state index contributed by atoms with van der Waals surface area (Å²) in [6, 6.07) is 5.88. The van der Waals surface area contributed by atoms with E-state index in [1.807, 2.05) is 11.6 Å². The Balaban J connectivity index is 1.55. The van der Waals surface area contributed by atoms with E-state index in [1.165, 1.54) is 0 Å². The quantitative estimate of drug-likeness (QED) is 0.752. The van der Waals surface area contributed by atoms with Gasteiger partial charge in [0.15, 0.2) is 11.6 Å². The molecule has 0 fully saturated rings. The molecule has 1 atom stereocenters. The van der Waals surface area contributed by atoms with Crippen LogP contribution < -0.4 is 5.32 Å². The van der Waals surface area contributed by atoms with Crippen LogP contribution in [0.2, 0.25) is 0 Å². The number of aryl methyl sites for hydroxylation is 2. The van der Waals surface area contributed by atoms with Gasteiger partial charge in [0.2, 0.25) is 0 Å². The molecule has 7 heteroatoms. The molecule has 1 unspecified atom stereocenters. The maximum Gasteiger partial charge on any atom is 0.293 e. The number of nitrogens with zero attached hydrogens (tertiary/aromatic N) is 4. The molecule has 0 radical (unpaired) electrons. The highest BCUT2D eigenvalue weighted by Crippen LogP contribution is 2.16. The van der Waals surface area contributed by atoms with Gasteiger partial charge in [0.25, 0.3) is 5.89 Å². The second kappa shape index (κ2) is 6.15. The highest BCUT2D eigenvalue weighted by molar-refractivity contribution is 5.42. The van der Waals surface area contributed by atoms with Gasteiger partial charge < -0.3 is 14.3 Å². The minimum absolute atomic E-state index is 0.239. The van der Waals surface area contributed by atoms with Crippen LogP contribution in [-0.4, -0.2) is 26.0 Å². The Morgan fingerprint density at radius 2 is 2.23 bits per heavy atom. The third-order valence-corrected chi connectivity index (χ3v) is 3.36. The summed E-state index contributed by atoms with van der Waals surface area (Å²) in [6.07, 6.45) is 1.58. The molecule has 0 amide bonds. The minimum Gasteiger partial charge on any atom is -0.459 e. The molecule has 22 heavy (non-hydrogen) atoms. The lowest BCUT2D eigenvalue weighted by Crippen LogP contribution is -2.31. The molecular formula is C15H19N5O2. The maximum atomic E-state index is 5.22. The Morgan fingerprint density at radius 3 is 2.91 bits per heavy atom.